The number of benzene rings is 2. The molecule has 0 aliphatic rings. The van der Waals surface area contributed by atoms with Gasteiger partial charge in [0.2, 0.25) is 0 Å². The molecule has 0 aliphatic heterocycles. The Labute approximate surface area is 123 Å². The number of rotatable bonds is 4. The van der Waals surface area contributed by atoms with Crippen molar-refractivity contribution in [3.63, 3.8) is 0 Å². The number of hydrogen-bond acceptors (Lipinski definition) is 2. The molecule has 0 amide bonds. The molecule has 0 aliphatic carbocycles. The van der Waals surface area contributed by atoms with E-state index in [0.29, 0.717) is 22.1 Å². The summed E-state index contributed by atoms with van der Waals surface area (Å²) in [7, 11) is 0. The van der Waals surface area contributed by atoms with Crippen LogP contribution in [0.5, 0.6) is 11.5 Å². The molecular weight excluding hydrogens is 277 g/mol. The van der Waals surface area contributed by atoms with Gasteiger partial charge in [0.25, 0.3) is 0 Å². The highest BCUT2D eigenvalue weighted by Crippen LogP contribution is 2.31. The lowest BCUT2D eigenvalue weighted by atomic mass is 10.1. The molecule has 0 heterocycles. The molecule has 0 radical (unpaired) electrons. The Morgan fingerprint density at radius 2 is 2.00 bits per heavy atom. The van der Waals surface area contributed by atoms with E-state index < -0.39 is 0 Å². The van der Waals surface area contributed by atoms with Gasteiger partial charge in [-0.25, -0.2) is 4.39 Å². The summed E-state index contributed by atoms with van der Waals surface area (Å²) < 4.78 is 19.1. The van der Waals surface area contributed by atoms with Gasteiger partial charge in [-0.15, -0.1) is 0 Å². The second-order valence-corrected chi connectivity index (χ2v) is 5.09. The maximum Gasteiger partial charge on any atom is 0.132 e. The molecule has 1 atom stereocenters. The van der Waals surface area contributed by atoms with Gasteiger partial charge in [0.15, 0.2) is 0 Å². The van der Waals surface area contributed by atoms with Crippen LogP contribution < -0.4 is 10.5 Å². The first-order valence-corrected chi connectivity index (χ1v) is 6.90. The van der Waals surface area contributed by atoms with Crippen LogP contribution in [0.25, 0.3) is 0 Å². The molecule has 0 spiro atoms. The van der Waals surface area contributed by atoms with E-state index in [0.717, 1.165) is 12.0 Å². The second kappa shape index (κ2) is 6.25. The zero-order valence-electron chi connectivity index (χ0n) is 11.5. The van der Waals surface area contributed by atoms with E-state index in [-0.39, 0.29) is 11.9 Å². The second-order valence-electron chi connectivity index (χ2n) is 4.68. The molecule has 0 fully saturated rings. The summed E-state index contributed by atoms with van der Waals surface area (Å²) in [4.78, 5) is 0. The number of halogens is 2. The fourth-order valence-corrected chi connectivity index (χ4v) is 2.23. The first-order chi connectivity index (χ1) is 9.51. The van der Waals surface area contributed by atoms with Gasteiger partial charge in [-0.1, -0.05) is 18.5 Å². The molecule has 2 aromatic carbocycles. The Hall–Kier alpha value is -1.58. The zero-order chi connectivity index (χ0) is 14.7. The van der Waals surface area contributed by atoms with Crippen LogP contribution in [0.4, 0.5) is 4.39 Å². The number of hydrogen-bond donors (Lipinski definition) is 1. The molecule has 2 N–H and O–H groups in total. The minimum Gasteiger partial charge on any atom is -0.457 e. The molecule has 2 nitrogen and oxygen atoms in total. The van der Waals surface area contributed by atoms with Crippen LogP contribution in [0.15, 0.2) is 36.4 Å². The number of nitrogens with two attached hydrogens (primary N) is 1. The van der Waals surface area contributed by atoms with Gasteiger partial charge >= 0.3 is 0 Å². The average Bonchev–Trinajstić information content (AvgIpc) is 2.42. The van der Waals surface area contributed by atoms with E-state index >= 15 is 0 Å². The summed E-state index contributed by atoms with van der Waals surface area (Å²) in [6.45, 7) is 3.82. The molecule has 0 aromatic heterocycles. The van der Waals surface area contributed by atoms with Gasteiger partial charge in [-0.05, 0) is 55.3 Å². The molecule has 1 unspecified atom stereocenters. The Bertz CT molecular complexity index is 613. The average molecular weight is 294 g/mol. The van der Waals surface area contributed by atoms with Crippen LogP contribution in [0.3, 0.4) is 0 Å². The number of ether oxygens (including phenoxy) is 1. The van der Waals surface area contributed by atoms with Crippen molar-refractivity contribution in [3.8, 4) is 11.5 Å². The minimum atomic E-state index is -0.324. The molecule has 106 valence electrons. The van der Waals surface area contributed by atoms with Gasteiger partial charge in [0.1, 0.15) is 17.3 Å². The van der Waals surface area contributed by atoms with E-state index in [4.69, 9.17) is 22.1 Å². The molecule has 4 heteroatoms. The Morgan fingerprint density at radius 3 is 2.65 bits per heavy atom. The van der Waals surface area contributed by atoms with Gasteiger partial charge in [0.05, 0.1) is 0 Å². The Morgan fingerprint density at radius 1 is 1.25 bits per heavy atom. The lowest BCUT2D eigenvalue weighted by Crippen LogP contribution is -2.07. The maximum absolute atomic E-state index is 13.3. The van der Waals surface area contributed by atoms with Crippen LogP contribution >= 0.6 is 11.6 Å². The summed E-state index contributed by atoms with van der Waals surface area (Å²) in [6.07, 6.45) is 0.819. The first kappa shape index (κ1) is 14.8. The van der Waals surface area contributed by atoms with Crippen molar-refractivity contribution in [1.82, 2.24) is 0 Å². The van der Waals surface area contributed by atoms with Crippen LogP contribution in [0.2, 0.25) is 5.02 Å². The van der Waals surface area contributed by atoms with Crippen LogP contribution in [-0.2, 0) is 6.42 Å². The van der Waals surface area contributed by atoms with Crippen LogP contribution in [0, 0.1) is 5.82 Å². The van der Waals surface area contributed by atoms with Crippen molar-refractivity contribution in [1.29, 1.82) is 0 Å². The monoisotopic (exact) mass is 293 g/mol. The summed E-state index contributed by atoms with van der Waals surface area (Å²) >= 11 is 6.08. The fraction of sp³-hybridized carbons (Fsp3) is 0.250. The standard InChI is InChI=1S/C16H17ClFNO/c1-3-11-8-13(5-6-15(11)17)20-16-7-4-12(18)9-14(16)10(2)19/h4-10H,3,19H2,1-2H3. The first-order valence-electron chi connectivity index (χ1n) is 6.52. The van der Waals surface area contributed by atoms with E-state index in [1.54, 1.807) is 25.1 Å². The number of aryl methyl sites for hydroxylation is 1. The molecule has 2 rings (SSSR count). The van der Waals surface area contributed by atoms with Crippen molar-refractivity contribution in [2.24, 2.45) is 5.73 Å². The Balaban J connectivity index is 2.34. The molecule has 2 aromatic rings. The normalized spacial score (nSPS) is 12.2. The zero-order valence-corrected chi connectivity index (χ0v) is 12.2. The summed E-state index contributed by atoms with van der Waals surface area (Å²) in [5.41, 5.74) is 7.49. The fourth-order valence-electron chi connectivity index (χ4n) is 1.98. The SMILES string of the molecule is CCc1cc(Oc2ccc(F)cc2C(C)N)ccc1Cl. The van der Waals surface area contributed by atoms with E-state index in [2.05, 4.69) is 0 Å². The summed E-state index contributed by atoms with van der Waals surface area (Å²) in [5, 5.41) is 0.714. The van der Waals surface area contributed by atoms with Gasteiger partial charge in [-0.3, -0.25) is 0 Å². The third-order valence-electron chi connectivity index (χ3n) is 3.09. The van der Waals surface area contributed by atoms with Crippen molar-refractivity contribution in [2.75, 3.05) is 0 Å². The maximum atomic E-state index is 13.3. The van der Waals surface area contributed by atoms with Crippen LogP contribution in [0.1, 0.15) is 31.0 Å². The molecule has 0 saturated heterocycles. The van der Waals surface area contributed by atoms with E-state index in [1.165, 1.54) is 12.1 Å². The topological polar surface area (TPSA) is 35.2 Å². The van der Waals surface area contributed by atoms with Crippen molar-refractivity contribution >= 4 is 11.6 Å². The summed E-state index contributed by atoms with van der Waals surface area (Å²) in [5.74, 6) is 0.903. The van der Waals surface area contributed by atoms with Crippen molar-refractivity contribution in [2.45, 2.75) is 26.3 Å². The Kier molecular flexibility index (Phi) is 4.63. The van der Waals surface area contributed by atoms with Crippen molar-refractivity contribution < 1.29 is 9.13 Å². The van der Waals surface area contributed by atoms with Gasteiger partial charge in [-0.2, -0.15) is 0 Å². The largest absolute Gasteiger partial charge is 0.457 e. The third kappa shape index (κ3) is 3.30. The van der Waals surface area contributed by atoms with Gasteiger partial charge in [0, 0.05) is 16.6 Å². The highest BCUT2D eigenvalue weighted by atomic mass is 35.5. The van der Waals surface area contributed by atoms with E-state index in [9.17, 15) is 4.39 Å². The van der Waals surface area contributed by atoms with E-state index in [1.807, 2.05) is 13.0 Å². The lowest BCUT2D eigenvalue weighted by Gasteiger charge is -2.14. The molecule has 0 bridgehead atoms. The van der Waals surface area contributed by atoms with Gasteiger partial charge < -0.3 is 10.5 Å². The predicted molar refractivity (Wildman–Crippen MR) is 79.9 cm³/mol. The highest BCUT2D eigenvalue weighted by Gasteiger charge is 2.11. The molecule has 0 saturated carbocycles. The van der Waals surface area contributed by atoms with Crippen molar-refractivity contribution in [3.05, 3.63) is 58.4 Å². The quantitative estimate of drug-likeness (QED) is 0.874. The minimum absolute atomic E-state index is 0.307. The third-order valence-corrected chi connectivity index (χ3v) is 3.46. The highest BCUT2D eigenvalue weighted by molar-refractivity contribution is 6.31. The van der Waals surface area contributed by atoms with Crippen LogP contribution in [-0.4, -0.2) is 0 Å². The predicted octanol–water partition coefficient (Wildman–Crippen LogP) is 4.85. The summed E-state index contributed by atoms with van der Waals surface area (Å²) in [6, 6.07) is 9.51. The molecular formula is C16H17ClFNO. The smallest absolute Gasteiger partial charge is 0.132 e. The molecule has 20 heavy (non-hydrogen) atoms. The lowest BCUT2D eigenvalue weighted by molar-refractivity contribution is 0.468.